The largest absolute Gasteiger partial charge is 0.309 e. The Morgan fingerprint density at radius 3 is 1.64 bits per heavy atom. The lowest BCUT2D eigenvalue weighted by atomic mass is 9.67. The van der Waals surface area contributed by atoms with Gasteiger partial charge in [-0.25, -0.2) is 0 Å². The first-order valence-corrected chi connectivity index (χ1v) is 20.4. The molecule has 0 N–H and O–H groups in total. The van der Waals surface area contributed by atoms with E-state index in [1.807, 2.05) is 0 Å². The number of nitrogens with zero attached hydrogens (tertiary/aromatic N) is 2. The Hall–Kier alpha value is -7.68. The van der Waals surface area contributed by atoms with Crippen molar-refractivity contribution in [3.8, 4) is 44.9 Å². The molecule has 59 heavy (non-hydrogen) atoms. The summed E-state index contributed by atoms with van der Waals surface area (Å²) < 4.78 is 4.90. The molecule has 0 radical (unpaired) electrons. The lowest BCUT2D eigenvalue weighted by molar-refractivity contribution is 0.769. The van der Waals surface area contributed by atoms with Gasteiger partial charge in [-0.2, -0.15) is 0 Å². The number of fused-ring (bicyclic) bond motifs is 8. The SMILES string of the molecule is c1ccc(-c2cc3c(ccc4c5ccccc5n(-c5cccc(-c6ccc7c(c6)C(c6ccccc6)(c6ccccc6)c6ccccc6-7)c5)c43)n2-c2ccccc2)cc1. The molecular weight excluding hydrogens is 713 g/mol. The zero-order chi connectivity index (χ0) is 38.9. The summed E-state index contributed by atoms with van der Waals surface area (Å²) in [4.78, 5) is 0. The molecule has 12 rings (SSSR count). The Bertz CT molecular complexity index is 3320. The fourth-order valence-electron chi connectivity index (χ4n) is 10.1. The smallest absolute Gasteiger partial charge is 0.0713 e. The molecule has 2 heterocycles. The summed E-state index contributed by atoms with van der Waals surface area (Å²) in [7, 11) is 0. The Morgan fingerprint density at radius 2 is 0.881 bits per heavy atom. The number of para-hydroxylation sites is 2. The minimum Gasteiger partial charge on any atom is -0.309 e. The van der Waals surface area contributed by atoms with Gasteiger partial charge in [0.05, 0.1) is 27.7 Å². The van der Waals surface area contributed by atoms with Crippen LogP contribution in [0.4, 0.5) is 0 Å². The second-order valence-corrected chi connectivity index (χ2v) is 15.7. The molecule has 0 amide bonds. The summed E-state index contributed by atoms with van der Waals surface area (Å²) in [5.74, 6) is 0. The second-order valence-electron chi connectivity index (χ2n) is 15.7. The number of benzene rings is 9. The molecule has 2 nitrogen and oxygen atoms in total. The standard InChI is InChI=1S/C57H38N2/c1-5-18-39(19-6-1)55-38-50-54(58(55)44-25-11-4-12-26-44)35-34-49-48-29-14-16-31-53(48)59(56(49)50)45-27-17-20-40(36-45)41-32-33-47-46-28-13-15-30-51(46)57(52(47)37-41,42-21-7-2-8-22-42)43-23-9-3-10-24-43/h1-38H. The number of hydrogen-bond donors (Lipinski definition) is 0. The Labute approximate surface area is 343 Å². The first-order chi connectivity index (χ1) is 29.3. The van der Waals surface area contributed by atoms with E-state index in [0.717, 1.165) is 11.4 Å². The molecule has 0 unspecified atom stereocenters. The minimum atomic E-state index is -0.455. The average molecular weight is 751 g/mol. The molecule has 11 aromatic rings. The highest BCUT2D eigenvalue weighted by Gasteiger charge is 2.46. The summed E-state index contributed by atoms with van der Waals surface area (Å²) in [6, 6.07) is 84.7. The predicted octanol–water partition coefficient (Wildman–Crippen LogP) is 14.4. The van der Waals surface area contributed by atoms with Crippen LogP contribution in [0.5, 0.6) is 0 Å². The van der Waals surface area contributed by atoms with Crippen molar-refractivity contribution < 1.29 is 0 Å². The summed E-state index contributed by atoms with van der Waals surface area (Å²) in [6.45, 7) is 0. The maximum absolute atomic E-state index is 2.49. The van der Waals surface area contributed by atoms with Crippen molar-refractivity contribution >= 4 is 32.7 Å². The van der Waals surface area contributed by atoms with Crippen molar-refractivity contribution in [3.63, 3.8) is 0 Å². The van der Waals surface area contributed by atoms with E-state index in [2.05, 4.69) is 240 Å². The van der Waals surface area contributed by atoms with Crippen LogP contribution in [-0.2, 0) is 5.41 Å². The molecule has 276 valence electrons. The fourth-order valence-corrected chi connectivity index (χ4v) is 10.1. The van der Waals surface area contributed by atoms with Crippen LogP contribution < -0.4 is 0 Å². The molecule has 1 aliphatic rings. The van der Waals surface area contributed by atoms with Crippen LogP contribution in [0, 0.1) is 0 Å². The summed E-state index contributed by atoms with van der Waals surface area (Å²) in [5.41, 5.74) is 17.9. The van der Waals surface area contributed by atoms with Crippen LogP contribution in [0.25, 0.3) is 77.6 Å². The normalized spacial score (nSPS) is 12.9. The molecule has 1 aliphatic carbocycles. The van der Waals surface area contributed by atoms with Crippen molar-refractivity contribution in [1.29, 1.82) is 0 Å². The number of aromatic nitrogens is 2. The topological polar surface area (TPSA) is 9.86 Å². The zero-order valence-electron chi connectivity index (χ0n) is 32.3. The van der Waals surface area contributed by atoms with Gasteiger partial charge in [-0.1, -0.05) is 182 Å². The van der Waals surface area contributed by atoms with Gasteiger partial charge in [-0.3, -0.25) is 0 Å². The van der Waals surface area contributed by atoms with Crippen LogP contribution in [0.3, 0.4) is 0 Å². The molecule has 0 saturated heterocycles. The van der Waals surface area contributed by atoms with Gasteiger partial charge in [0.1, 0.15) is 0 Å². The Kier molecular flexibility index (Phi) is 7.48. The van der Waals surface area contributed by atoms with E-state index in [1.165, 1.54) is 88.5 Å². The van der Waals surface area contributed by atoms with Gasteiger partial charge in [-0.15, -0.1) is 0 Å². The number of rotatable bonds is 6. The van der Waals surface area contributed by atoms with Gasteiger partial charge < -0.3 is 9.13 Å². The van der Waals surface area contributed by atoms with Crippen molar-refractivity contribution in [2.24, 2.45) is 0 Å². The minimum absolute atomic E-state index is 0.455. The van der Waals surface area contributed by atoms with Crippen LogP contribution in [0.1, 0.15) is 22.3 Å². The van der Waals surface area contributed by atoms with E-state index >= 15 is 0 Å². The van der Waals surface area contributed by atoms with E-state index in [0.29, 0.717) is 0 Å². The van der Waals surface area contributed by atoms with Crippen LogP contribution in [0.2, 0.25) is 0 Å². The van der Waals surface area contributed by atoms with E-state index in [1.54, 1.807) is 0 Å². The van der Waals surface area contributed by atoms with E-state index in [-0.39, 0.29) is 0 Å². The second kappa shape index (κ2) is 13.2. The Morgan fingerprint density at radius 1 is 0.305 bits per heavy atom. The molecule has 2 aromatic heterocycles. The fraction of sp³-hybridized carbons (Fsp3) is 0.0175. The van der Waals surface area contributed by atoms with Crippen molar-refractivity contribution in [1.82, 2.24) is 9.13 Å². The van der Waals surface area contributed by atoms with Crippen LogP contribution in [0.15, 0.2) is 231 Å². The quantitative estimate of drug-likeness (QED) is 0.160. The maximum atomic E-state index is 2.49. The molecule has 2 heteroatoms. The Balaban J connectivity index is 1.10. The third-order valence-electron chi connectivity index (χ3n) is 12.6. The van der Waals surface area contributed by atoms with E-state index < -0.39 is 5.41 Å². The van der Waals surface area contributed by atoms with Crippen molar-refractivity contribution in [2.45, 2.75) is 5.41 Å². The predicted molar refractivity (Wildman–Crippen MR) is 246 cm³/mol. The highest BCUT2D eigenvalue weighted by molar-refractivity contribution is 6.19. The average Bonchev–Trinajstić information content (AvgIpc) is 3.97. The van der Waals surface area contributed by atoms with Crippen LogP contribution >= 0.6 is 0 Å². The first kappa shape index (κ1) is 33.5. The van der Waals surface area contributed by atoms with Gasteiger partial charge in [0.2, 0.25) is 0 Å². The van der Waals surface area contributed by atoms with Crippen molar-refractivity contribution in [2.75, 3.05) is 0 Å². The van der Waals surface area contributed by atoms with E-state index in [4.69, 9.17) is 0 Å². The summed E-state index contributed by atoms with van der Waals surface area (Å²) >= 11 is 0. The van der Waals surface area contributed by atoms with Gasteiger partial charge >= 0.3 is 0 Å². The maximum Gasteiger partial charge on any atom is 0.0713 e. The van der Waals surface area contributed by atoms with Gasteiger partial charge in [0.15, 0.2) is 0 Å². The van der Waals surface area contributed by atoms with Gasteiger partial charge in [0, 0.05) is 27.5 Å². The molecule has 0 aliphatic heterocycles. The third kappa shape index (κ3) is 4.93. The molecule has 0 bridgehead atoms. The molecule has 0 spiro atoms. The molecule has 0 saturated carbocycles. The van der Waals surface area contributed by atoms with Gasteiger partial charge in [-0.05, 0) is 98.6 Å². The molecule has 9 aromatic carbocycles. The summed E-state index contributed by atoms with van der Waals surface area (Å²) in [6.07, 6.45) is 0. The first-order valence-electron chi connectivity index (χ1n) is 20.4. The van der Waals surface area contributed by atoms with E-state index in [9.17, 15) is 0 Å². The number of hydrogen-bond acceptors (Lipinski definition) is 0. The highest BCUT2D eigenvalue weighted by atomic mass is 15.0. The zero-order valence-corrected chi connectivity index (χ0v) is 32.3. The molecular formula is C57H38N2. The van der Waals surface area contributed by atoms with Crippen LogP contribution in [-0.4, -0.2) is 9.13 Å². The highest BCUT2D eigenvalue weighted by Crippen LogP contribution is 2.56. The molecule has 0 fully saturated rings. The summed E-state index contributed by atoms with van der Waals surface area (Å²) in [5, 5.41) is 3.71. The van der Waals surface area contributed by atoms with Gasteiger partial charge in [0.25, 0.3) is 0 Å². The van der Waals surface area contributed by atoms with Crippen molar-refractivity contribution in [3.05, 3.63) is 253 Å². The molecule has 0 atom stereocenters. The monoisotopic (exact) mass is 750 g/mol. The lowest BCUT2D eigenvalue weighted by Gasteiger charge is -2.34. The third-order valence-corrected chi connectivity index (χ3v) is 12.6. The lowest BCUT2D eigenvalue weighted by Crippen LogP contribution is -2.28.